The number of nitrogens with one attached hydrogen (secondary N) is 2. The van der Waals surface area contributed by atoms with Crippen LogP contribution in [0.15, 0.2) is 36.4 Å². The Morgan fingerprint density at radius 2 is 1.86 bits per heavy atom. The van der Waals surface area contributed by atoms with Crippen molar-refractivity contribution in [2.45, 2.75) is 27.2 Å². The van der Waals surface area contributed by atoms with Gasteiger partial charge in [-0.1, -0.05) is 24.6 Å². The van der Waals surface area contributed by atoms with Crippen molar-refractivity contribution in [3.05, 3.63) is 53.2 Å². The van der Waals surface area contributed by atoms with Crippen LogP contribution in [-0.2, 0) is 6.42 Å². The molecule has 0 bridgehead atoms. The molecule has 0 saturated heterocycles. The van der Waals surface area contributed by atoms with Gasteiger partial charge in [0, 0.05) is 23.5 Å². The van der Waals surface area contributed by atoms with Gasteiger partial charge in [0.05, 0.1) is 0 Å². The number of hydrogen-bond donors (Lipinski definition) is 2. The Kier molecular flexibility index (Phi) is 4.93. The van der Waals surface area contributed by atoms with E-state index < -0.39 is 0 Å². The molecule has 4 heteroatoms. The molecule has 0 radical (unpaired) electrons. The average Bonchev–Trinajstić information content (AvgIpc) is 2.49. The molecule has 2 rings (SSSR count). The van der Waals surface area contributed by atoms with Crippen molar-refractivity contribution >= 4 is 17.4 Å². The number of pyridine rings is 1. The number of benzene rings is 1. The van der Waals surface area contributed by atoms with Crippen LogP contribution in [0.5, 0.6) is 0 Å². The van der Waals surface area contributed by atoms with Gasteiger partial charge in [0.15, 0.2) is 0 Å². The summed E-state index contributed by atoms with van der Waals surface area (Å²) in [5, 5.41) is 6.07. The second-order valence-electron chi connectivity index (χ2n) is 4.94. The summed E-state index contributed by atoms with van der Waals surface area (Å²) >= 11 is 0. The molecule has 110 valence electrons. The smallest absolute Gasteiger partial charge is 0.255 e. The predicted molar refractivity (Wildman–Crippen MR) is 86.9 cm³/mol. The molecule has 4 nitrogen and oxygen atoms in total. The number of carbonyl (C=O) groups excluding carboxylic acids is 1. The summed E-state index contributed by atoms with van der Waals surface area (Å²) in [6, 6.07) is 11.4. The fourth-order valence-electron chi connectivity index (χ4n) is 2.01. The normalized spacial score (nSPS) is 10.2. The molecular formula is C17H21N3O. The fraction of sp³-hybridized carbons (Fsp3) is 0.294. The molecule has 0 aliphatic carbocycles. The zero-order valence-electron chi connectivity index (χ0n) is 12.7. The molecule has 1 aromatic carbocycles. The molecule has 1 amide bonds. The molecule has 0 aliphatic heterocycles. The minimum absolute atomic E-state index is 0.116. The number of nitrogens with zero attached hydrogens (tertiary/aromatic N) is 1. The van der Waals surface area contributed by atoms with Crippen LogP contribution in [0.25, 0.3) is 0 Å². The molecule has 0 unspecified atom stereocenters. The molecule has 1 aromatic heterocycles. The van der Waals surface area contributed by atoms with E-state index >= 15 is 0 Å². The number of anilines is 2. The van der Waals surface area contributed by atoms with E-state index in [1.54, 1.807) is 6.07 Å². The number of aromatic nitrogens is 1. The van der Waals surface area contributed by atoms with Crippen molar-refractivity contribution in [1.82, 2.24) is 4.98 Å². The van der Waals surface area contributed by atoms with Crippen molar-refractivity contribution in [2.24, 2.45) is 0 Å². The summed E-state index contributed by atoms with van der Waals surface area (Å²) in [6.07, 6.45) is 0.796. The lowest BCUT2D eigenvalue weighted by Gasteiger charge is -2.10. The standard InChI is InChI=1S/C17H21N3O/c1-4-14-10-13(11-16(19-14)18-5-2)17(21)20-15-8-6-12(3)7-9-15/h6-11H,4-5H2,1-3H3,(H,18,19)(H,20,21). The van der Waals surface area contributed by atoms with Crippen LogP contribution in [0.4, 0.5) is 11.5 Å². The van der Waals surface area contributed by atoms with E-state index in [0.29, 0.717) is 5.56 Å². The van der Waals surface area contributed by atoms with Gasteiger partial charge >= 0.3 is 0 Å². The van der Waals surface area contributed by atoms with Crippen LogP contribution in [0.1, 0.15) is 35.5 Å². The van der Waals surface area contributed by atoms with Crippen LogP contribution < -0.4 is 10.6 Å². The lowest BCUT2D eigenvalue weighted by atomic mass is 10.1. The minimum Gasteiger partial charge on any atom is -0.370 e. The average molecular weight is 283 g/mol. The number of rotatable bonds is 5. The third-order valence-electron chi connectivity index (χ3n) is 3.17. The lowest BCUT2D eigenvalue weighted by molar-refractivity contribution is 0.102. The first-order chi connectivity index (χ1) is 10.1. The highest BCUT2D eigenvalue weighted by Crippen LogP contribution is 2.14. The summed E-state index contributed by atoms with van der Waals surface area (Å²) in [7, 11) is 0. The Bertz CT molecular complexity index is 620. The van der Waals surface area contributed by atoms with E-state index in [1.165, 1.54) is 5.56 Å². The molecule has 0 fully saturated rings. The van der Waals surface area contributed by atoms with Crippen LogP contribution in [0.3, 0.4) is 0 Å². The number of amides is 1. The topological polar surface area (TPSA) is 54.0 Å². The Hall–Kier alpha value is -2.36. The number of hydrogen-bond acceptors (Lipinski definition) is 3. The van der Waals surface area contributed by atoms with Gasteiger partial charge in [0.1, 0.15) is 5.82 Å². The Labute approximate surface area is 125 Å². The SMILES string of the molecule is CCNc1cc(C(=O)Nc2ccc(C)cc2)cc(CC)n1. The zero-order valence-corrected chi connectivity index (χ0v) is 12.7. The van der Waals surface area contributed by atoms with Gasteiger partial charge < -0.3 is 10.6 Å². The first kappa shape index (κ1) is 15.0. The molecule has 0 spiro atoms. The first-order valence-corrected chi connectivity index (χ1v) is 7.25. The highest BCUT2D eigenvalue weighted by molar-refractivity contribution is 6.04. The van der Waals surface area contributed by atoms with Gasteiger partial charge in [-0.2, -0.15) is 0 Å². The first-order valence-electron chi connectivity index (χ1n) is 7.25. The Balaban J connectivity index is 2.21. The minimum atomic E-state index is -0.116. The summed E-state index contributed by atoms with van der Waals surface area (Å²) in [5.74, 6) is 0.626. The molecular weight excluding hydrogens is 262 g/mol. The molecule has 1 heterocycles. The third-order valence-corrected chi connectivity index (χ3v) is 3.17. The van der Waals surface area contributed by atoms with Gasteiger partial charge in [-0.15, -0.1) is 0 Å². The van der Waals surface area contributed by atoms with E-state index in [2.05, 4.69) is 15.6 Å². The van der Waals surface area contributed by atoms with Crippen molar-refractivity contribution in [3.63, 3.8) is 0 Å². The maximum Gasteiger partial charge on any atom is 0.255 e. The van der Waals surface area contributed by atoms with Gasteiger partial charge in [0.2, 0.25) is 0 Å². The molecule has 21 heavy (non-hydrogen) atoms. The van der Waals surface area contributed by atoms with Gasteiger partial charge in [-0.05, 0) is 44.5 Å². The predicted octanol–water partition coefficient (Wildman–Crippen LogP) is 3.64. The van der Waals surface area contributed by atoms with Crippen molar-refractivity contribution in [1.29, 1.82) is 0 Å². The second-order valence-corrected chi connectivity index (χ2v) is 4.94. The second kappa shape index (κ2) is 6.88. The highest BCUT2D eigenvalue weighted by Gasteiger charge is 2.09. The quantitative estimate of drug-likeness (QED) is 0.881. The molecule has 2 N–H and O–H groups in total. The maximum atomic E-state index is 12.4. The van der Waals surface area contributed by atoms with E-state index in [4.69, 9.17) is 0 Å². The van der Waals surface area contributed by atoms with Crippen LogP contribution >= 0.6 is 0 Å². The van der Waals surface area contributed by atoms with E-state index in [0.717, 1.165) is 30.2 Å². The lowest BCUT2D eigenvalue weighted by Crippen LogP contribution is -2.14. The third kappa shape index (κ3) is 4.05. The maximum absolute atomic E-state index is 12.4. The van der Waals surface area contributed by atoms with Crippen molar-refractivity contribution in [3.8, 4) is 0 Å². The van der Waals surface area contributed by atoms with Crippen molar-refractivity contribution in [2.75, 3.05) is 17.2 Å². The molecule has 0 saturated carbocycles. The Morgan fingerprint density at radius 1 is 1.14 bits per heavy atom. The summed E-state index contributed by atoms with van der Waals surface area (Å²) in [6.45, 7) is 6.83. The Morgan fingerprint density at radius 3 is 2.48 bits per heavy atom. The van der Waals surface area contributed by atoms with Crippen LogP contribution in [0.2, 0.25) is 0 Å². The van der Waals surface area contributed by atoms with Crippen LogP contribution in [-0.4, -0.2) is 17.4 Å². The number of carbonyl (C=O) groups is 1. The molecule has 2 aromatic rings. The van der Waals surface area contributed by atoms with Gasteiger partial charge in [0.25, 0.3) is 5.91 Å². The highest BCUT2D eigenvalue weighted by atomic mass is 16.1. The van der Waals surface area contributed by atoms with E-state index in [1.807, 2.05) is 51.1 Å². The zero-order chi connectivity index (χ0) is 15.2. The van der Waals surface area contributed by atoms with E-state index in [9.17, 15) is 4.79 Å². The van der Waals surface area contributed by atoms with Crippen molar-refractivity contribution < 1.29 is 4.79 Å². The van der Waals surface area contributed by atoms with Gasteiger partial charge in [-0.3, -0.25) is 4.79 Å². The molecule has 0 aliphatic rings. The molecule has 0 atom stereocenters. The number of aryl methyl sites for hydroxylation is 2. The monoisotopic (exact) mass is 283 g/mol. The summed E-state index contributed by atoms with van der Waals surface area (Å²) in [5.41, 5.74) is 3.49. The largest absolute Gasteiger partial charge is 0.370 e. The fourth-order valence-corrected chi connectivity index (χ4v) is 2.01. The van der Waals surface area contributed by atoms with E-state index in [-0.39, 0.29) is 5.91 Å². The summed E-state index contributed by atoms with van der Waals surface area (Å²) in [4.78, 5) is 16.8. The van der Waals surface area contributed by atoms with Gasteiger partial charge in [-0.25, -0.2) is 4.98 Å². The summed E-state index contributed by atoms with van der Waals surface area (Å²) < 4.78 is 0. The van der Waals surface area contributed by atoms with Crippen LogP contribution in [0, 0.1) is 6.92 Å².